The average molecular weight is 305 g/mol. The first kappa shape index (κ1) is 16.0. The van der Waals surface area contributed by atoms with Crippen molar-refractivity contribution in [2.75, 3.05) is 13.2 Å². The predicted octanol–water partition coefficient (Wildman–Crippen LogP) is 0.435. The molecule has 4 N–H and O–H groups in total. The molecular weight excluding hydrogens is 286 g/mol. The zero-order chi connectivity index (χ0) is 15.8. The number of aromatic nitrogens is 2. The van der Waals surface area contributed by atoms with Crippen molar-refractivity contribution in [3.8, 4) is 5.75 Å². The summed E-state index contributed by atoms with van der Waals surface area (Å²) in [5.41, 5.74) is 0.718. The van der Waals surface area contributed by atoms with Gasteiger partial charge in [0, 0.05) is 24.9 Å². The second-order valence-electron chi connectivity index (χ2n) is 4.86. The van der Waals surface area contributed by atoms with Crippen molar-refractivity contribution in [3.63, 3.8) is 0 Å². The molecule has 2 atom stereocenters. The van der Waals surface area contributed by atoms with Crippen molar-refractivity contribution in [2.24, 2.45) is 0 Å². The molecule has 0 aliphatic heterocycles. The number of hydrogen-bond donors (Lipinski definition) is 4. The molecule has 1 heterocycles. The molecule has 22 heavy (non-hydrogen) atoms. The number of H-pyrrole nitrogens is 1. The molecule has 2 aromatic rings. The number of ether oxygens (including phenoxy) is 1. The van der Waals surface area contributed by atoms with Gasteiger partial charge in [0.15, 0.2) is 0 Å². The summed E-state index contributed by atoms with van der Waals surface area (Å²) in [5.74, 6) is -0.320. The van der Waals surface area contributed by atoms with Crippen LogP contribution in [-0.4, -0.2) is 51.4 Å². The zero-order valence-electron chi connectivity index (χ0n) is 12.0. The number of para-hydroxylation sites is 1. The van der Waals surface area contributed by atoms with Crippen LogP contribution in [0.5, 0.6) is 5.75 Å². The van der Waals surface area contributed by atoms with Crippen LogP contribution in [0.1, 0.15) is 5.69 Å². The highest BCUT2D eigenvalue weighted by Gasteiger charge is 2.19. The van der Waals surface area contributed by atoms with E-state index in [-0.39, 0.29) is 19.6 Å². The van der Waals surface area contributed by atoms with Gasteiger partial charge in [-0.1, -0.05) is 18.2 Å². The maximum Gasteiger partial charge on any atom is 0.321 e. The van der Waals surface area contributed by atoms with Crippen LogP contribution in [0, 0.1) is 0 Å². The number of carboxylic acid groups (broad SMARTS) is 1. The summed E-state index contributed by atoms with van der Waals surface area (Å²) in [5, 5.41) is 21.9. The quantitative estimate of drug-likeness (QED) is 0.535. The first-order chi connectivity index (χ1) is 10.6. The standard InChI is InChI=1S/C15H19N3O4/c19-12(9-22-13-4-2-1-3-5-13)8-17-14(15(20)21)6-11-7-16-10-18-11/h1-5,7,10,12,14,17,19H,6,8-9H2,(H,16,18)(H,20,21). The minimum atomic E-state index is -0.981. The van der Waals surface area contributed by atoms with Crippen molar-refractivity contribution in [2.45, 2.75) is 18.6 Å². The number of nitrogens with one attached hydrogen (secondary N) is 2. The van der Waals surface area contributed by atoms with Crippen molar-refractivity contribution < 1.29 is 19.7 Å². The fourth-order valence-corrected chi connectivity index (χ4v) is 1.91. The number of hydrogen-bond acceptors (Lipinski definition) is 5. The van der Waals surface area contributed by atoms with Gasteiger partial charge in [-0.25, -0.2) is 4.98 Å². The molecule has 2 unspecified atom stereocenters. The molecule has 0 amide bonds. The van der Waals surface area contributed by atoms with E-state index < -0.39 is 18.1 Å². The molecule has 0 fully saturated rings. The molecule has 0 radical (unpaired) electrons. The van der Waals surface area contributed by atoms with Gasteiger partial charge in [0.05, 0.1) is 6.33 Å². The van der Waals surface area contributed by atoms with Gasteiger partial charge in [0.1, 0.15) is 24.5 Å². The zero-order valence-corrected chi connectivity index (χ0v) is 12.0. The van der Waals surface area contributed by atoms with Gasteiger partial charge in [-0.3, -0.25) is 4.79 Å². The fraction of sp³-hybridized carbons (Fsp3) is 0.333. The monoisotopic (exact) mass is 305 g/mol. The highest BCUT2D eigenvalue weighted by atomic mass is 16.5. The summed E-state index contributed by atoms with van der Waals surface area (Å²) in [6, 6.07) is 8.33. The molecule has 0 aliphatic carbocycles. The summed E-state index contributed by atoms with van der Waals surface area (Å²) in [6.45, 7) is 0.214. The van der Waals surface area contributed by atoms with E-state index in [0.29, 0.717) is 5.75 Å². The number of aliphatic hydroxyl groups excluding tert-OH is 1. The topological polar surface area (TPSA) is 107 Å². The fourth-order valence-electron chi connectivity index (χ4n) is 1.91. The number of benzene rings is 1. The third-order valence-electron chi connectivity index (χ3n) is 3.06. The molecule has 0 aliphatic rings. The minimum absolute atomic E-state index is 0.0907. The maximum absolute atomic E-state index is 11.2. The predicted molar refractivity (Wildman–Crippen MR) is 79.7 cm³/mol. The Hall–Kier alpha value is -2.38. The number of carbonyl (C=O) groups is 1. The summed E-state index contributed by atoms with van der Waals surface area (Å²) < 4.78 is 5.41. The van der Waals surface area contributed by atoms with E-state index in [1.807, 2.05) is 18.2 Å². The van der Waals surface area contributed by atoms with Gasteiger partial charge in [0.2, 0.25) is 0 Å². The Morgan fingerprint density at radius 1 is 1.36 bits per heavy atom. The van der Waals surface area contributed by atoms with Crippen LogP contribution in [0.25, 0.3) is 0 Å². The average Bonchev–Trinajstić information content (AvgIpc) is 3.03. The lowest BCUT2D eigenvalue weighted by Gasteiger charge is -2.17. The van der Waals surface area contributed by atoms with Gasteiger partial charge in [-0.05, 0) is 12.1 Å². The molecule has 7 nitrogen and oxygen atoms in total. The molecule has 2 rings (SSSR count). The summed E-state index contributed by atoms with van der Waals surface area (Å²) in [4.78, 5) is 17.9. The lowest BCUT2D eigenvalue weighted by Crippen LogP contribution is -2.43. The number of rotatable bonds is 9. The smallest absolute Gasteiger partial charge is 0.321 e. The number of nitrogens with zero attached hydrogens (tertiary/aromatic N) is 1. The number of aliphatic hydroxyl groups is 1. The summed E-state index contributed by atoms with van der Waals surface area (Å²) in [7, 11) is 0. The number of carboxylic acids is 1. The summed E-state index contributed by atoms with van der Waals surface area (Å²) >= 11 is 0. The third kappa shape index (κ3) is 5.19. The molecule has 0 saturated carbocycles. The number of aliphatic carboxylic acids is 1. The number of imidazole rings is 1. The summed E-state index contributed by atoms with van der Waals surface area (Å²) in [6.07, 6.45) is 2.54. The molecule has 0 bridgehead atoms. The van der Waals surface area contributed by atoms with Crippen LogP contribution in [0.15, 0.2) is 42.9 Å². The number of aromatic amines is 1. The maximum atomic E-state index is 11.2. The lowest BCUT2D eigenvalue weighted by molar-refractivity contribution is -0.139. The van der Waals surface area contributed by atoms with E-state index in [9.17, 15) is 15.0 Å². The molecule has 0 saturated heterocycles. The van der Waals surface area contributed by atoms with Crippen LogP contribution in [0.2, 0.25) is 0 Å². The second-order valence-corrected chi connectivity index (χ2v) is 4.86. The molecule has 1 aromatic carbocycles. The van der Waals surface area contributed by atoms with Gasteiger partial charge in [0.25, 0.3) is 0 Å². The molecule has 7 heteroatoms. The van der Waals surface area contributed by atoms with Gasteiger partial charge in [-0.2, -0.15) is 0 Å². The minimum Gasteiger partial charge on any atom is -0.491 e. The Morgan fingerprint density at radius 3 is 2.77 bits per heavy atom. The van der Waals surface area contributed by atoms with Gasteiger partial charge < -0.3 is 25.3 Å². The van der Waals surface area contributed by atoms with Crippen molar-refractivity contribution >= 4 is 5.97 Å². The van der Waals surface area contributed by atoms with E-state index in [0.717, 1.165) is 5.69 Å². The van der Waals surface area contributed by atoms with Gasteiger partial charge >= 0.3 is 5.97 Å². The highest BCUT2D eigenvalue weighted by molar-refractivity contribution is 5.73. The van der Waals surface area contributed by atoms with Crippen molar-refractivity contribution in [1.82, 2.24) is 15.3 Å². The van der Waals surface area contributed by atoms with Crippen LogP contribution in [0.3, 0.4) is 0 Å². The molecule has 0 spiro atoms. The van der Waals surface area contributed by atoms with E-state index in [1.54, 1.807) is 18.3 Å². The van der Waals surface area contributed by atoms with Crippen LogP contribution in [0.4, 0.5) is 0 Å². The van der Waals surface area contributed by atoms with E-state index >= 15 is 0 Å². The Morgan fingerprint density at radius 2 is 2.14 bits per heavy atom. The van der Waals surface area contributed by atoms with Crippen molar-refractivity contribution in [1.29, 1.82) is 0 Å². The van der Waals surface area contributed by atoms with E-state index in [2.05, 4.69) is 15.3 Å². The Kier molecular flexibility index (Phi) is 5.93. The molecular formula is C15H19N3O4. The Labute approximate surface area is 128 Å². The van der Waals surface area contributed by atoms with E-state index in [1.165, 1.54) is 6.33 Å². The van der Waals surface area contributed by atoms with Crippen molar-refractivity contribution in [3.05, 3.63) is 48.5 Å². The lowest BCUT2D eigenvalue weighted by atomic mass is 10.1. The van der Waals surface area contributed by atoms with E-state index in [4.69, 9.17) is 4.74 Å². The second kappa shape index (κ2) is 8.16. The van der Waals surface area contributed by atoms with Crippen LogP contribution in [-0.2, 0) is 11.2 Å². The highest BCUT2D eigenvalue weighted by Crippen LogP contribution is 2.08. The Bertz CT molecular complexity index is 559. The molecule has 118 valence electrons. The largest absolute Gasteiger partial charge is 0.491 e. The first-order valence-corrected chi connectivity index (χ1v) is 6.94. The first-order valence-electron chi connectivity index (χ1n) is 6.94. The van der Waals surface area contributed by atoms with Gasteiger partial charge in [-0.15, -0.1) is 0 Å². The normalized spacial score (nSPS) is 13.5. The van der Waals surface area contributed by atoms with Crippen LogP contribution >= 0.6 is 0 Å². The van der Waals surface area contributed by atoms with Crippen LogP contribution < -0.4 is 10.1 Å². The SMILES string of the molecule is O=C(O)C(Cc1cnc[nH]1)NCC(O)COc1ccccc1. The third-order valence-corrected chi connectivity index (χ3v) is 3.06. The molecule has 1 aromatic heterocycles. The Balaban J connectivity index is 1.75.